The van der Waals surface area contributed by atoms with Crippen molar-refractivity contribution in [1.82, 2.24) is 4.98 Å². The first kappa shape index (κ1) is 27.6. The molecular weight excluding hydrogens is 510 g/mol. The Bertz CT molecular complexity index is 1500. The molecule has 0 saturated heterocycles. The Labute approximate surface area is 232 Å². The van der Waals surface area contributed by atoms with E-state index in [-0.39, 0.29) is 12.3 Å². The fraction of sp³-hybridized carbons (Fsp3) is 0.194. The first-order valence-corrected chi connectivity index (χ1v) is 13.3. The summed E-state index contributed by atoms with van der Waals surface area (Å²) in [5.74, 6) is 2.16. The van der Waals surface area contributed by atoms with Crippen LogP contribution < -0.4 is 19.5 Å². The van der Waals surface area contributed by atoms with Gasteiger partial charge in [0.1, 0.15) is 28.3 Å². The monoisotopic (exact) mass is 539 g/mol. The van der Waals surface area contributed by atoms with Crippen molar-refractivity contribution in [2.45, 2.75) is 18.4 Å². The van der Waals surface area contributed by atoms with Crippen molar-refractivity contribution in [3.8, 4) is 45.7 Å². The van der Waals surface area contributed by atoms with Gasteiger partial charge in [-0.1, -0.05) is 29.8 Å². The molecule has 7 nitrogen and oxygen atoms in total. The summed E-state index contributed by atoms with van der Waals surface area (Å²) in [5.41, 5.74) is 5.55. The molecule has 0 bridgehead atoms. The summed E-state index contributed by atoms with van der Waals surface area (Å²) in [6.07, 6.45) is 0.221. The number of anilines is 1. The van der Waals surface area contributed by atoms with Crippen molar-refractivity contribution < 1.29 is 19.0 Å². The van der Waals surface area contributed by atoms with Crippen molar-refractivity contribution in [1.29, 1.82) is 5.26 Å². The lowest BCUT2D eigenvalue weighted by Gasteiger charge is -2.14. The Morgan fingerprint density at radius 1 is 0.897 bits per heavy atom. The number of hydrogen-bond donors (Lipinski definition) is 1. The molecule has 0 unspecified atom stereocenters. The third kappa shape index (κ3) is 6.70. The molecule has 1 amide bonds. The van der Waals surface area contributed by atoms with Gasteiger partial charge in [0, 0.05) is 29.4 Å². The Kier molecular flexibility index (Phi) is 9.08. The molecule has 0 radical (unpaired) electrons. The predicted octanol–water partition coefficient (Wildman–Crippen LogP) is 6.74. The topological polar surface area (TPSA) is 93.5 Å². The van der Waals surface area contributed by atoms with E-state index in [0.717, 1.165) is 33.7 Å². The largest absolute Gasteiger partial charge is 0.497 e. The van der Waals surface area contributed by atoms with E-state index < -0.39 is 0 Å². The highest BCUT2D eigenvalue weighted by molar-refractivity contribution is 7.99. The van der Waals surface area contributed by atoms with Crippen LogP contribution in [-0.4, -0.2) is 38.0 Å². The maximum absolute atomic E-state index is 12.7. The number of nitrogens with zero attached hydrogens (tertiary/aromatic N) is 2. The number of aryl methyl sites for hydroxylation is 1. The van der Waals surface area contributed by atoms with E-state index in [9.17, 15) is 10.1 Å². The zero-order valence-electron chi connectivity index (χ0n) is 22.3. The summed E-state index contributed by atoms with van der Waals surface area (Å²) in [6.45, 7) is 2.03. The minimum absolute atomic E-state index is 0.172. The molecule has 4 aromatic rings. The van der Waals surface area contributed by atoms with E-state index in [0.29, 0.717) is 33.5 Å². The van der Waals surface area contributed by atoms with Crippen molar-refractivity contribution in [2.75, 3.05) is 32.4 Å². The van der Waals surface area contributed by atoms with Crippen LogP contribution in [-0.2, 0) is 4.79 Å². The Hall–Kier alpha value is -4.48. The van der Waals surface area contributed by atoms with Gasteiger partial charge in [0.15, 0.2) is 0 Å². The number of rotatable bonds is 10. The number of amides is 1. The summed E-state index contributed by atoms with van der Waals surface area (Å²) in [4.78, 5) is 17.6. The van der Waals surface area contributed by atoms with E-state index in [1.807, 2.05) is 61.5 Å². The maximum Gasteiger partial charge on any atom is 0.225 e. The summed E-state index contributed by atoms with van der Waals surface area (Å²) < 4.78 is 15.9. The highest BCUT2D eigenvalue weighted by atomic mass is 32.2. The van der Waals surface area contributed by atoms with Gasteiger partial charge >= 0.3 is 0 Å². The smallest absolute Gasteiger partial charge is 0.225 e. The summed E-state index contributed by atoms with van der Waals surface area (Å²) >= 11 is 1.38. The molecule has 0 saturated carbocycles. The molecule has 0 fully saturated rings. The molecule has 0 aliphatic rings. The summed E-state index contributed by atoms with van der Waals surface area (Å²) in [7, 11) is 4.73. The van der Waals surface area contributed by atoms with E-state index in [1.165, 1.54) is 18.9 Å². The van der Waals surface area contributed by atoms with Crippen LogP contribution in [0.1, 0.15) is 17.5 Å². The second-order valence-corrected chi connectivity index (χ2v) is 9.74. The molecule has 4 rings (SSSR count). The van der Waals surface area contributed by atoms with Crippen LogP contribution in [0.25, 0.3) is 22.4 Å². The lowest BCUT2D eigenvalue weighted by molar-refractivity contribution is -0.115. The maximum atomic E-state index is 12.7. The molecule has 1 N–H and O–H groups in total. The molecular formula is C31H29N3O4S. The quantitative estimate of drug-likeness (QED) is 0.223. The number of benzene rings is 3. The minimum Gasteiger partial charge on any atom is -0.497 e. The van der Waals surface area contributed by atoms with Crippen molar-refractivity contribution in [2.24, 2.45) is 0 Å². The highest BCUT2D eigenvalue weighted by Gasteiger charge is 2.17. The molecule has 3 aromatic carbocycles. The van der Waals surface area contributed by atoms with E-state index in [1.54, 1.807) is 32.4 Å². The van der Waals surface area contributed by atoms with Crippen LogP contribution in [0.4, 0.5) is 5.69 Å². The average Bonchev–Trinajstić information content (AvgIpc) is 2.97. The van der Waals surface area contributed by atoms with Gasteiger partial charge in [-0.15, -0.1) is 11.8 Å². The second kappa shape index (κ2) is 12.9. The van der Waals surface area contributed by atoms with Gasteiger partial charge in [0.2, 0.25) is 5.91 Å². The lowest BCUT2D eigenvalue weighted by Crippen LogP contribution is -2.13. The average molecular weight is 540 g/mol. The van der Waals surface area contributed by atoms with Crippen molar-refractivity contribution in [3.63, 3.8) is 0 Å². The van der Waals surface area contributed by atoms with Crippen molar-refractivity contribution in [3.05, 3.63) is 83.9 Å². The van der Waals surface area contributed by atoms with Gasteiger partial charge < -0.3 is 19.5 Å². The number of carbonyl (C=O) groups is 1. The number of carbonyl (C=O) groups excluding carboxylic acids is 1. The van der Waals surface area contributed by atoms with Crippen LogP contribution in [0.3, 0.4) is 0 Å². The molecule has 198 valence electrons. The van der Waals surface area contributed by atoms with Gasteiger partial charge in [0.25, 0.3) is 0 Å². The van der Waals surface area contributed by atoms with Crippen LogP contribution in [0.2, 0.25) is 0 Å². The molecule has 8 heteroatoms. The number of hydrogen-bond acceptors (Lipinski definition) is 7. The predicted molar refractivity (Wildman–Crippen MR) is 155 cm³/mol. The normalized spacial score (nSPS) is 10.4. The fourth-order valence-electron chi connectivity index (χ4n) is 3.96. The van der Waals surface area contributed by atoms with Crippen LogP contribution >= 0.6 is 11.8 Å². The number of methoxy groups -OCH3 is 3. The van der Waals surface area contributed by atoms with Gasteiger partial charge in [-0.2, -0.15) is 5.26 Å². The fourth-order valence-corrected chi connectivity index (χ4v) is 4.90. The number of pyridine rings is 1. The van der Waals surface area contributed by atoms with Gasteiger partial charge in [-0.25, -0.2) is 4.98 Å². The third-order valence-electron chi connectivity index (χ3n) is 6.10. The van der Waals surface area contributed by atoms with Crippen molar-refractivity contribution >= 4 is 23.4 Å². The highest BCUT2D eigenvalue weighted by Crippen LogP contribution is 2.35. The number of ether oxygens (including phenoxy) is 3. The molecule has 0 aliphatic heterocycles. The molecule has 0 spiro atoms. The third-order valence-corrected chi connectivity index (χ3v) is 7.07. The standard InChI is InChI=1S/C31H29N3O4S/c1-20-5-7-21(8-6-20)25-18-28(22-9-11-23(36-2)12-10-22)34-31(26(25)19-32)39-16-15-30(35)33-27-14-13-24(37-3)17-29(27)38-4/h5-14,17-18H,15-16H2,1-4H3,(H,33,35). The first-order chi connectivity index (χ1) is 18.9. The Balaban J connectivity index is 1.59. The minimum atomic E-state index is -0.172. The van der Waals surface area contributed by atoms with E-state index in [2.05, 4.69) is 11.4 Å². The Morgan fingerprint density at radius 2 is 1.56 bits per heavy atom. The van der Waals surface area contributed by atoms with Crippen LogP contribution in [0.15, 0.2) is 77.8 Å². The molecule has 39 heavy (non-hydrogen) atoms. The Morgan fingerprint density at radius 3 is 2.21 bits per heavy atom. The molecule has 0 aliphatic carbocycles. The summed E-state index contributed by atoms with van der Waals surface area (Å²) in [5, 5.41) is 13.6. The van der Waals surface area contributed by atoms with Gasteiger partial charge in [0.05, 0.1) is 38.3 Å². The van der Waals surface area contributed by atoms with Gasteiger partial charge in [-0.3, -0.25) is 4.79 Å². The summed E-state index contributed by atoms with van der Waals surface area (Å²) in [6, 6.07) is 25.2. The molecule has 0 atom stereocenters. The zero-order chi connectivity index (χ0) is 27.8. The second-order valence-electron chi connectivity index (χ2n) is 8.65. The number of nitrogens with one attached hydrogen (secondary N) is 1. The lowest BCUT2D eigenvalue weighted by atomic mass is 9.98. The first-order valence-electron chi connectivity index (χ1n) is 12.3. The number of nitriles is 1. The molecule has 1 heterocycles. The van der Waals surface area contributed by atoms with Crippen LogP contribution in [0.5, 0.6) is 17.2 Å². The van der Waals surface area contributed by atoms with E-state index >= 15 is 0 Å². The van der Waals surface area contributed by atoms with Gasteiger partial charge in [-0.05, 0) is 55.0 Å². The molecule has 1 aromatic heterocycles. The SMILES string of the molecule is COc1ccc(-c2cc(-c3ccc(C)cc3)c(C#N)c(SCCC(=O)Nc3ccc(OC)cc3OC)n2)cc1. The zero-order valence-corrected chi connectivity index (χ0v) is 23.1. The van der Waals surface area contributed by atoms with E-state index in [4.69, 9.17) is 19.2 Å². The van der Waals surface area contributed by atoms with Crippen LogP contribution in [0, 0.1) is 18.3 Å². The number of thioether (sulfide) groups is 1. The number of aromatic nitrogens is 1.